The van der Waals surface area contributed by atoms with Crippen molar-refractivity contribution in [2.75, 3.05) is 19.7 Å². The van der Waals surface area contributed by atoms with Crippen molar-refractivity contribution in [3.05, 3.63) is 24.3 Å². The van der Waals surface area contributed by atoms with Gasteiger partial charge in [0.15, 0.2) is 0 Å². The first kappa shape index (κ1) is 23.2. The average molecular weight is 401 g/mol. The van der Waals surface area contributed by atoms with Crippen LogP contribution < -0.4 is 14.8 Å². The van der Waals surface area contributed by atoms with Crippen LogP contribution in [-0.4, -0.2) is 39.8 Å². The van der Waals surface area contributed by atoms with Crippen LogP contribution in [0, 0.1) is 0 Å². The zero-order valence-electron chi connectivity index (χ0n) is 16.7. The number of sulfonamides is 1. The van der Waals surface area contributed by atoms with Crippen molar-refractivity contribution in [3.8, 4) is 5.75 Å². The van der Waals surface area contributed by atoms with Gasteiger partial charge < -0.3 is 14.8 Å². The Labute approximate surface area is 162 Å². The van der Waals surface area contributed by atoms with Gasteiger partial charge in [-0.2, -0.15) is 0 Å². The highest BCUT2D eigenvalue weighted by Gasteiger charge is 2.16. The van der Waals surface area contributed by atoms with Crippen molar-refractivity contribution >= 4 is 16.1 Å². The van der Waals surface area contributed by atoms with E-state index in [0.717, 1.165) is 12.8 Å². The SMILES string of the molecule is CCCCCCOc1ccc(S(=O)(=O)NCCNC(=O)OC(C)(C)C)cc1. The molecule has 0 aromatic heterocycles. The summed E-state index contributed by atoms with van der Waals surface area (Å²) in [6.45, 7) is 8.25. The van der Waals surface area contributed by atoms with Crippen LogP contribution in [0.15, 0.2) is 29.2 Å². The Morgan fingerprint density at radius 3 is 2.30 bits per heavy atom. The van der Waals surface area contributed by atoms with E-state index in [4.69, 9.17) is 9.47 Å². The van der Waals surface area contributed by atoms with Crippen LogP contribution in [0.4, 0.5) is 4.79 Å². The zero-order valence-corrected chi connectivity index (χ0v) is 17.5. The molecule has 1 amide bonds. The van der Waals surface area contributed by atoms with Gasteiger partial charge in [0.05, 0.1) is 11.5 Å². The van der Waals surface area contributed by atoms with E-state index in [-0.39, 0.29) is 18.0 Å². The van der Waals surface area contributed by atoms with Gasteiger partial charge in [-0.25, -0.2) is 17.9 Å². The predicted octanol–water partition coefficient (Wildman–Crippen LogP) is 3.45. The van der Waals surface area contributed by atoms with E-state index in [0.29, 0.717) is 12.4 Å². The lowest BCUT2D eigenvalue weighted by atomic mass is 10.2. The molecule has 0 saturated carbocycles. The summed E-state index contributed by atoms with van der Waals surface area (Å²) in [6.07, 6.45) is 3.90. The van der Waals surface area contributed by atoms with Crippen LogP contribution >= 0.6 is 0 Å². The van der Waals surface area contributed by atoms with Crippen LogP contribution in [0.3, 0.4) is 0 Å². The van der Waals surface area contributed by atoms with E-state index in [9.17, 15) is 13.2 Å². The first-order chi connectivity index (χ1) is 12.6. The Bertz CT molecular complexity index is 666. The molecule has 0 saturated heterocycles. The summed E-state index contributed by atoms with van der Waals surface area (Å²) in [6, 6.07) is 6.30. The zero-order chi connectivity index (χ0) is 20.3. The van der Waals surface area contributed by atoms with Gasteiger partial charge in [0.2, 0.25) is 10.0 Å². The average Bonchev–Trinajstić information content (AvgIpc) is 2.57. The molecule has 27 heavy (non-hydrogen) atoms. The second kappa shape index (κ2) is 11.1. The first-order valence-electron chi connectivity index (χ1n) is 9.33. The van der Waals surface area contributed by atoms with Gasteiger partial charge in [-0.3, -0.25) is 0 Å². The minimum Gasteiger partial charge on any atom is -0.494 e. The maximum absolute atomic E-state index is 12.3. The first-order valence-corrected chi connectivity index (χ1v) is 10.8. The Hall–Kier alpha value is -1.80. The molecular formula is C19H32N2O5S. The third kappa shape index (κ3) is 10.2. The quantitative estimate of drug-likeness (QED) is 0.555. The van der Waals surface area contributed by atoms with Crippen LogP contribution in [0.25, 0.3) is 0 Å². The highest BCUT2D eigenvalue weighted by molar-refractivity contribution is 7.89. The van der Waals surface area contributed by atoms with Gasteiger partial charge in [0.25, 0.3) is 0 Å². The number of benzene rings is 1. The summed E-state index contributed by atoms with van der Waals surface area (Å²) in [5, 5.41) is 2.50. The molecule has 0 bridgehead atoms. The molecular weight excluding hydrogens is 368 g/mol. The number of unbranched alkanes of at least 4 members (excludes halogenated alkanes) is 3. The standard InChI is InChI=1S/C19H32N2O5S/c1-5-6-7-8-15-25-16-9-11-17(12-10-16)27(23,24)21-14-13-20-18(22)26-19(2,3)4/h9-12,21H,5-8,13-15H2,1-4H3,(H,20,22). The van der Waals surface area contributed by atoms with Crippen LogP contribution in [0.5, 0.6) is 5.75 Å². The predicted molar refractivity (Wildman–Crippen MR) is 106 cm³/mol. The second-order valence-corrected chi connectivity index (χ2v) is 8.97. The molecule has 0 aliphatic heterocycles. The number of carbonyl (C=O) groups excluding carboxylic acids is 1. The molecule has 0 unspecified atom stereocenters. The van der Waals surface area contributed by atoms with E-state index in [1.54, 1.807) is 32.9 Å². The Morgan fingerprint density at radius 2 is 1.70 bits per heavy atom. The van der Waals surface area contributed by atoms with Crippen molar-refractivity contribution in [2.24, 2.45) is 0 Å². The molecule has 1 aromatic carbocycles. The summed E-state index contributed by atoms with van der Waals surface area (Å²) < 4.78 is 37.6. The molecule has 7 nitrogen and oxygen atoms in total. The fourth-order valence-corrected chi connectivity index (χ4v) is 3.21. The largest absolute Gasteiger partial charge is 0.494 e. The number of alkyl carbamates (subject to hydrolysis) is 1. The number of hydrogen-bond acceptors (Lipinski definition) is 5. The third-order valence-electron chi connectivity index (χ3n) is 3.49. The van der Waals surface area contributed by atoms with Crippen molar-refractivity contribution in [1.82, 2.24) is 10.0 Å². The molecule has 1 rings (SSSR count). The van der Waals surface area contributed by atoms with Gasteiger partial charge in [-0.15, -0.1) is 0 Å². The highest BCUT2D eigenvalue weighted by Crippen LogP contribution is 2.16. The van der Waals surface area contributed by atoms with Crippen molar-refractivity contribution in [2.45, 2.75) is 63.9 Å². The molecule has 2 N–H and O–H groups in total. The maximum Gasteiger partial charge on any atom is 0.407 e. The monoisotopic (exact) mass is 400 g/mol. The van der Waals surface area contributed by atoms with E-state index >= 15 is 0 Å². The Morgan fingerprint density at radius 1 is 1.04 bits per heavy atom. The lowest BCUT2D eigenvalue weighted by Gasteiger charge is -2.19. The molecule has 154 valence electrons. The molecule has 0 aliphatic carbocycles. The molecule has 1 aromatic rings. The molecule has 0 aliphatic rings. The normalized spacial score (nSPS) is 11.9. The molecule has 0 fully saturated rings. The van der Waals surface area contributed by atoms with E-state index < -0.39 is 21.7 Å². The second-order valence-electron chi connectivity index (χ2n) is 7.21. The fraction of sp³-hybridized carbons (Fsp3) is 0.632. The highest BCUT2D eigenvalue weighted by atomic mass is 32.2. The van der Waals surface area contributed by atoms with Gasteiger partial charge in [-0.1, -0.05) is 26.2 Å². The summed E-state index contributed by atoms with van der Waals surface area (Å²) in [7, 11) is -3.64. The molecule has 0 radical (unpaired) electrons. The van der Waals surface area contributed by atoms with Crippen molar-refractivity contribution in [3.63, 3.8) is 0 Å². The number of nitrogens with one attached hydrogen (secondary N) is 2. The summed E-state index contributed by atoms with van der Waals surface area (Å²) in [5.41, 5.74) is -0.594. The molecule has 0 spiro atoms. The topological polar surface area (TPSA) is 93.7 Å². The van der Waals surface area contributed by atoms with E-state index in [1.165, 1.54) is 25.0 Å². The number of rotatable bonds is 11. The Balaban J connectivity index is 2.39. The third-order valence-corrected chi connectivity index (χ3v) is 4.96. The summed E-state index contributed by atoms with van der Waals surface area (Å²) in [4.78, 5) is 11.7. The fourth-order valence-electron chi connectivity index (χ4n) is 2.18. The van der Waals surface area contributed by atoms with Gasteiger partial charge in [0.1, 0.15) is 11.4 Å². The molecule has 0 atom stereocenters. The summed E-state index contributed by atoms with van der Waals surface area (Å²) >= 11 is 0. The molecule has 0 heterocycles. The maximum atomic E-state index is 12.3. The van der Waals surface area contributed by atoms with Crippen molar-refractivity contribution in [1.29, 1.82) is 0 Å². The van der Waals surface area contributed by atoms with E-state index in [1.807, 2.05) is 0 Å². The smallest absolute Gasteiger partial charge is 0.407 e. The van der Waals surface area contributed by atoms with Crippen molar-refractivity contribution < 1.29 is 22.7 Å². The number of carbonyl (C=O) groups is 1. The lowest BCUT2D eigenvalue weighted by molar-refractivity contribution is 0.0529. The number of hydrogen-bond donors (Lipinski definition) is 2. The minimum atomic E-state index is -3.64. The Kier molecular flexibility index (Phi) is 9.59. The van der Waals surface area contributed by atoms with Gasteiger partial charge in [-0.05, 0) is 51.5 Å². The van der Waals surface area contributed by atoms with E-state index in [2.05, 4.69) is 17.0 Å². The molecule has 8 heteroatoms. The number of ether oxygens (including phenoxy) is 2. The summed E-state index contributed by atoms with van der Waals surface area (Å²) in [5.74, 6) is 0.650. The van der Waals surface area contributed by atoms with Gasteiger partial charge >= 0.3 is 6.09 Å². The number of amides is 1. The van der Waals surface area contributed by atoms with Crippen LogP contribution in [-0.2, 0) is 14.8 Å². The van der Waals surface area contributed by atoms with Crippen LogP contribution in [0.1, 0.15) is 53.4 Å². The van der Waals surface area contributed by atoms with Crippen LogP contribution in [0.2, 0.25) is 0 Å². The van der Waals surface area contributed by atoms with Gasteiger partial charge in [0, 0.05) is 13.1 Å². The lowest BCUT2D eigenvalue weighted by Crippen LogP contribution is -2.37. The minimum absolute atomic E-state index is 0.0667.